The summed E-state index contributed by atoms with van der Waals surface area (Å²) in [6.07, 6.45) is -3.24. The summed E-state index contributed by atoms with van der Waals surface area (Å²) in [5.74, 6) is 0. The van der Waals surface area contributed by atoms with Gasteiger partial charge in [-0.05, 0) is 17.7 Å². The molecule has 0 saturated carbocycles. The number of halogens is 3. The van der Waals surface area contributed by atoms with Gasteiger partial charge in [-0.1, -0.05) is 30.3 Å². The van der Waals surface area contributed by atoms with Crippen LogP contribution in [0.1, 0.15) is 11.1 Å². The van der Waals surface area contributed by atoms with E-state index in [0.29, 0.717) is 6.07 Å². The molecule has 1 N–H and O–H groups in total. The fraction of sp³-hybridized carbons (Fsp3) is 0.0714. The van der Waals surface area contributed by atoms with Crippen molar-refractivity contribution in [3.63, 3.8) is 0 Å². The molecule has 0 aliphatic rings. The molecular weight excluding hydrogens is 299 g/mol. The molecule has 0 radical (unpaired) electrons. The SMILES string of the molecule is O=[N+]([O-])c1cc(C(F)(F)F)ccc1NN=Cc1ccccc1. The molecule has 0 aliphatic heterocycles. The summed E-state index contributed by atoms with van der Waals surface area (Å²) in [4.78, 5) is 9.99. The number of rotatable bonds is 4. The van der Waals surface area contributed by atoms with Gasteiger partial charge in [-0.3, -0.25) is 15.5 Å². The zero-order valence-corrected chi connectivity index (χ0v) is 11.0. The minimum atomic E-state index is -4.64. The van der Waals surface area contributed by atoms with Crippen LogP contribution in [0.25, 0.3) is 0 Å². The summed E-state index contributed by atoms with van der Waals surface area (Å²) < 4.78 is 37.7. The normalized spacial score (nSPS) is 11.6. The van der Waals surface area contributed by atoms with Crippen LogP contribution in [-0.4, -0.2) is 11.1 Å². The van der Waals surface area contributed by atoms with E-state index in [2.05, 4.69) is 10.5 Å². The average molecular weight is 309 g/mol. The second-order valence-electron chi connectivity index (χ2n) is 4.27. The van der Waals surface area contributed by atoms with Crippen LogP contribution in [0.2, 0.25) is 0 Å². The van der Waals surface area contributed by atoms with E-state index >= 15 is 0 Å². The Kier molecular flexibility index (Phi) is 4.40. The third-order valence-electron chi connectivity index (χ3n) is 2.72. The van der Waals surface area contributed by atoms with Crippen LogP contribution in [-0.2, 0) is 6.18 Å². The van der Waals surface area contributed by atoms with Gasteiger partial charge in [-0.2, -0.15) is 18.3 Å². The van der Waals surface area contributed by atoms with Crippen LogP contribution in [0.5, 0.6) is 0 Å². The number of hydrogen-bond donors (Lipinski definition) is 1. The Morgan fingerprint density at radius 1 is 1.14 bits per heavy atom. The van der Waals surface area contributed by atoms with Crippen LogP contribution in [0.15, 0.2) is 53.6 Å². The fourth-order valence-corrected chi connectivity index (χ4v) is 1.67. The second-order valence-corrected chi connectivity index (χ2v) is 4.27. The fourth-order valence-electron chi connectivity index (χ4n) is 1.67. The number of nitro benzene ring substituents is 1. The molecule has 2 aromatic carbocycles. The van der Waals surface area contributed by atoms with Crippen molar-refractivity contribution in [3.05, 3.63) is 69.8 Å². The number of nitro groups is 1. The summed E-state index contributed by atoms with van der Waals surface area (Å²) in [7, 11) is 0. The molecule has 0 aromatic heterocycles. The smallest absolute Gasteiger partial charge is 0.272 e. The molecule has 0 unspecified atom stereocenters. The molecule has 22 heavy (non-hydrogen) atoms. The van der Waals surface area contributed by atoms with E-state index in [-0.39, 0.29) is 5.69 Å². The number of benzene rings is 2. The number of hydrazone groups is 1. The molecular formula is C14H10F3N3O2. The molecule has 0 saturated heterocycles. The van der Waals surface area contributed by atoms with E-state index in [9.17, 15) is 23.3 Å². The van der Waals surface area contributed by atoms with Crippen molar-refractivity contribution in [2.75, 3.05) is 5.43 Å². The van der Waals surface area contributed by atoms with Gasteiger partial charge in [0.2, 0.25) is 0 Å². The van der Waals surface area contributed by atoms with E-state index in [4.69, 9.17) is 0 Å². The molecule has 0 atom stereocenters. The predicted octanol–water partition coefficient (Wildman–Crippen LogP) is 4.06. The Bertz CT molecular complexity index is 700. The molecule has 8 heteroatoms. The van der Waals surface area contributed by atoms with Crippen molar-refractivity contribution >= 4 is 17.6 Å². The Morgan fingerprint density at radius 2 is 1.82 bits per heavy atom. The van der Waals surface area contributed by atoms with Crippen LogP contribution < -0.4 is 5.43 Å². The van der Waals surface area contributed by atoms with Crippen molar-refractivity contribution in [1.82, 2.24) is 0 Å². The Balaban J connectivity index is 2.24. The number of nitrogens with one attached hydrogen (secondary N) is 1. The molecule has 2 rings (SSSR count). The molecule has 0 amide bonds. The molecule has 0 fully saturated rings. The van der Waals surface area contributed by atoms with Gasteiger partial charge in [0, 0.05) is 6.07 Å². The topological polar surface area (TPSA) is 67.5 Å². The van der Waals surface area contributed by atoms with Crippen LogP contribution >= 0.6 is 0 Å². The van der Waals surface area contributed by atoms with E-state index in [1.54, 1.807) is 24.3 Å². The quantitative estimate of drug-likeness (QED) is 0.526. The monoisotopic (exact) mass is 309 g/mol. The Morgan fingerprint density at radius 3 is 2.41 bits per heavy atom. The van der Waals surface area contributed by atoms with Crippen molar-refractivity contribution < 1.29 is 18.1 Å². The zero-order chi connectivity index (χ0) is 16.2. The number of anilines is 1. The lowest BCUT2D eigenvalue weighted by Crippen LogP contribution is -2.06. The van der Waals surface area contributed by atoms with E-state index in [0.717, 1.165) is 17.7 Å². The summed E-state index contributed by atoms with van der Waals surface area (Å²) >= 11 is 0. The van der Waals surface area contributed by atoms with Crippen LogP contribution in [0, 0.1) is 10.1 Å². The van der Waals surface area contributed by atoms with Gasteiger partial charge in [0.1, 0.15) is 5.69 Å². The lowest BCUT2D eigenvalue weighted by Gasteiger charge is -2.08. The number of alkyl halides is 3. The first-order valence-electron chi connectivity index (χ1n) is 6.07. The summed E-state index contributed by atoms with van der Waals surface area (Å²) in [6, 6.07) is 11.1. The first kappa shape index (κ1) is 15.5. The minimum absolute atomic E-state index is 0.120. The molecule has 5 nitrogen and oxygen atoms in total. The van der Waals surface area contributed by atoms with Crippen LogP contribution in [0.3, 0.4) is 0 Å². The van der Waals surface area contributed by atoms with Crippen molar-refractivity contribution in [1.29, 1.82) is 0 Å². The highest BCUT2D eigenvalue weighted by molar-refractivity contribution is 5.80. The Hall–Kier alpha value is -2.90. The standard InChI is InChI=1S/C14H10F3N3O2/c15-14(16,17)11-6-7-12(13(8-11)20(21)22)19-18-9-10-4-2-1-3-5-10/h1-9,19H. The number of nitrogens with zero attached hydrogens (tertiary/aromatic N) is 2. The van der Waals surface area contributed by atoms with Crippen LogP contribution in [0.4, 0.5) is 24.5 Å². The highest BCUT2D eigenvalue weighted by atomic mass is 19.4. The summed E-state index contributed by atoms with van der Waals surface area (Å²) in [6.45, 7) is 0. The van der Waals surface area contributed by atoms with E-state index in [1.807, 2.05) is 6.07 Å². The van der Waals surface area contributed by atoms with Gasteiger partial charge in [0.15, 0.2) is 0 Å². The van der Waals surface area contributed by atoms with E-state index in [1.165, 1.54) is 6.21 Å². The van der Waals surface area contributed by atoms with Crippen molar-refractivity contribution in [3.8, 4) is 0 Å². The third-order valence-corrected chi connectivity index (χ3v) is 2.72. The van der Waals surface area contributed by atoms with Gasteiger partial charge >= 0.3 is 6.18 Å². The molecule has 0 spiro atoms. The highest BCUT2D eigenvalue weighted by Gasteiger charge is 2.33. The first-order valence-corrected chi connectivity index (χ1v) is 6.07. The maximum absolute atomic E-state index is 12.6. The third kappa shape index (κ3) is 3.81. The Labute approximate surface area is 123 Å². The molecule has 0 heterocycles. The molecule has 2 aromatic rings. The molecule has 0 bridgehead atoms. The van der Waals surface area contributed by atoms with Gasteiger partial charge in [-0.25, -0.2) is 0 Å². The van der Waals surface area contributed by atoms with Gasteiger partial charge < -0.3 is 0 Å². The molecule has 0 aliphatic carbocycles. The van der Waals surface area contributed by atoms with E-state index < -0.39 is 22.4 Å². The lowest BCUT2D eigenvalue weighted by molar-refractivity contribution is -0.384. The summed E-state index contributed by atoms with van der Waals surface area (Å²) in [5, 5.41) is 14.7. The maximum Gasteiger partial charge on any atom is 0.416 e. The predicted molar refractivity (Wildman–Crippen MR) is 75.8 cm³/mol. The van der Waals surface area contributed by atoms with Crippen molar-refractivity contribution in [2.24, 2.45) is 5.10 Å². The first-order chi connectivity index (χ1) is 10.4. The van der Waals surface area contributed by atoms with Gasteiger partial charge in [0.25, 0.3) is 5.69 Å². The maximum atomic E-state index is 12.6. The summed E-state index contributed by atoms with van der Waals surface area (Å²) in [5.41, 5.74) is 1.22. The highest BCUT2D eigenvalue weighted by Crippen LogP contribution is 2.34. The lowest BCUT2D eigenvalue weighted by atomic mass is 10.1. The number of hydrogen-bond acceptors (Lipinski definition) is 4. The largest absolute Gasteiger partial charge is 0.416 e. The molecule has 114 valence electrons. The minimum Gasteiger partial charge on any atom is -0.272 e. The average Bonchev–Trinajstić information content (AvgIpc) is 2.47. The zero-order valence-electron chi connectivity index (χ0n) is 11.0. The van der Waals surface area contributed by atoms with Gasteiger partial charge in [-0.15, -0.1) is 0 Å². The second kappa shape index (κ2) is 6.25. The van der Waals surface area contributed by atoms with Crippen molar-refractivity contribution in [2.45, 2.75) is 6.18 Å². The van der Waals surface area contributed by atoms with Gasteiger partial charge in [0.05, 0.1) is 16.7 Å².